The van der Waals surface area contributed by atoms with E-state index >= 15 is 0 Å². The van der Waals surface area contributed by atoms with Crippen LogP contribution in [-0.4, -0.2) is 17.5 Å². The zero-order chi connectivity index (χ0) is 18.2. The van der Waals surface area contributed by atoms with E-state index in [9.17, 15) is 13.6 Å². The van der Waals surface area contributed by atoms with Crippen molar-refractivity contribution in [1.29, 1.82) is 0 Å². The Bertz CT molecular complexity index is 803. The third-order valence-electron chi connectivity index (χ3n) is 3.34. The molecule has 3 N–H and O–H groups in total. The van der Waals surface area contributed by atoms with Crippen molar-refractivity contribution < 1.29 is 18.3 Å². The maximum Gasteiger partial charge on any atom is 0.255 e. The number of aromatic nitrogens is 1. The molecule has 0 aliphatic carbocycles. The highest BCUT2D eigenvalue weighted by Gasteiger charge is 2.14. The van der Waals surface area contributed by atoms with Crippen LogP contribution in [0.5, 0.6) is 5.75 Å². The minimum absolute atomic E-state index is 0.0171. The second kappa shape index (κ2) is 8.64. The second-order valence-electron chi connectivity index (χ2n) is 5.13. The Morgan fingerprint density at radius 1 is 1.32 bits per heavy atom. The second-order valence-corrected chi connectivity index (χ2v) is 5.13. The molecule has 2 aromatic rings. The lowest BCUT2D eigenvalue weighted by molar-refractivity contribution is 0.0951. The molecule has 1 heterocycles. The number of ether oxygens (including phenoxy) is 1. The van der Waals surface area contributed by atoms with Gasteiger partial charge < -0.3 is 15.8 Å². The average molecular weight is 345 g/mol. The van der Waals surface area contributed by atoms with Gasteiger partial charge in [0.1, 0.15) is 5.82 Å². The number of hydrogen-bond acceptors (Lipinski definition) is 4. The number of nitrogen functional groups attached to an aromatic ring is 1. The van der Waals surface area contributed by atoms with Gasteiger partial charge in [0.05, 0.1) is 12.2 Å². The monoisotopic (exact) mass is 345 g/mol. The van der Waals surface area contributed by atoms with E-state index in [0.717, 1.165) is 6.07 Å². The van der Waals surface area contributed by atoms with E-state index < -0.39 is 17.7 Å². The first-order chi connectivity index (χ1) is 12.0. The SMILES string of the molecule is C#CCCCOc1cccc(CNC(=O)c2ccc(F)nc2N)c1F. The number of benzene rings is 1. The molecular weight excluding hydrogens is 328 g/mol. The molecule has 7 heteroatoms. The van der Waals surface area contributed by atoms with Crippen LogP contribution in [0.1, 0.15) is 28.8 Å². The lowest BCUT2D eigenvalue weighted by atomic mass is 10.2. The number of nitrogens with zero attached hydrogens (tertiary/aromatic N) is 1. The fourth-order valence-electron chi connectivity index (χ4n) is 2.07. The molecule has 1 aromatic carbocycles. The van der Waals surface area contributed by atoms with Crippen molar-refractivity contribution in [2.75, 3.05) is 12.3 Å². The first-order valence-corrected chi connectivity index (χ1v) is 7.56. The first kappa shape index (κ1) is 18.2. The quantitative estimate of drug-likeness (QED) is 0.459. The van der Waals surface area contributed by atoms with E-state index in [-0.39, 0.29) is 29.2 Å². The van der Waals surface area contributed by atoms with Gasteiger partial charge >= 0.3 is 0 Å². The lowest BCUT2D eigenvalue weighted by Crippen LogP contribution is -2.25. The van der Waals surface area contributed by atoms with Gasteiger partial charge in [-0.2, -0.15) is 4.39 Å². The summed E-state index contributed by atoms with van der Waals surface area (Å²) in [6.07, 6.45) is 6.31. The summed E-state index contributed by atoms with van der Waals surface area (Å²) in [7, 11) is 0. The van der Waals surface area contributed by atoms with Crippen molar-refractivity contribution in [2.45, 2.75) is 19.4 Å². The van der Waals surface area contributed by atoms with Crippen molar-refractivity contribution in [2.24, 2.45) is 0 Å². The molecule has 0 spiro atoms. The predicted molar refractivity (Wildman–Crippen MR) is 89.7 cm³/mol. The van der Waals surface area contributed by atoms with Gasteiger partial charge in [0.2, 0.25) is 5.95 Å². The Morgan fingerprint density at radius 2 is 2.12 bits per heavy atom. The number of nitrogens with one attached hydrogen (secondary N) is 1. The fraction of sp³-hybridized carbons (Fsp3) is 0.222. The molecule has 0 fully saturated rings. The van der Waals surface area contributed by atoms with Crippen LogP contribution in [0.2, 0.25) is 0 Å². The number of carbonyl (C=O) groups excluding carboxylic acids is 1. The van der Waals surface area contributed by atoms with Crippen LogP contribution in [0, 0.1) is 24.1 Å². The van der Waals surface area contributed by atoms with Crippen molar-refractivity contribution in [1.82, 2.24) is 10.3 Å². The summed E-state index contributed by atoms with van der Waals surface area (Å²) in [6.45, 7) is 0.220. The molecule has 0 atom stereocenters. The van der Waals surface area contributed by atoms with Gasteiger partial charge in [-0.25, -0.2) is 9.37 Å². The molecule has 2 rings (SSSR count). The number of unbranched alkanes of at least 4 members (excludes halogenated alkanes) is 1. The standard InChI is InChI=1S/C18H17F2N3O2/c1-2-3-4-10-25-14-7-5-6-12(16(14)20)11-22-18(24)13-8-9-15(19)23-17(13)21/h1,5-9H,3-4,10-11H2,(H2,21,23)(H,22,24). The minimum Gasteiger partial charge on any atom is -0.490 e. The number of pyridine rings is 1. The summed E-state index contributed by atoms with van der Waals surface area (Å²) in [5.74, 6) is 0.410. The highest BCUT2D eigenvalue weighted by Crippen LogP contribution is 2.21. The number of carbonyl (C=O) groups is 1. The van der Waals surface area contributed by atoms with E-state index in [4.69, 9.17) is 16.9 Å². The van der Waals surface area contributed by atoms with Gasteiger partial charge in [-0.3, -0.25) is 4.79 Å². The van der Waals surface area contributed by atoms with Crippen LogP contribution in [0.15, 0.2) is 30.3 Å². The third kappa shape index (κ3) is 4.91. The molecule has 130 valence electrons. The molecule has 5 nitrogen and oxygen atoms in total. The van der Waals surface area contributed by atoms with Crippen LogP contribution in [0.25, 0.3) is 0 Å². The molecule has 1 amide bonds. The van der Waals surface area contributed by atoms with Crippen molar-refractivity contribution in [3.8, 4) is 18.1 Å². The number of amides is 1. The summed E-state index contributed by atoms with van der Waals surface area (Å²) >= 11 is 0. The number of halogens is 2. The van der Waals surface area contributed by atoms with Gasteiger partial charge in [-0.1, -0.05) is 12.1 Å². The Balaban J connectivity index is 2.00. The Hall–Kier alpha value is -3.14. The third-order valence-corrected chi connectivity index (χ3v) is 3.34. The van der Waals surface area contributed by atoms with E-state index in [1.165, 1.54) is 18.2 Å². The number of hydrogen-bond donors (Lipinski definition) is 2. The fourth-order valence-corrected chi connectivity index (χ4v) is 2.07. The highest BCUT2D eigenvalue weighted by molar-refractivity contribution is 5.98. The molecular formula is C18H17F2N3O2. The summed E-state index contributed by atoms with van der Waals surface area (Å²) < 4.78 is 32.6. The maximum atomic E-state index is 14.4. The van der Waals surface area contributed by atoms with Crippen molar-refractivity contribution >= 4 is 11.7 Å². The molecule has 0 bridgehead atoms. The molecule has 0 radical (unpaired) electrons. The zero-order valence-electron chi connectivity index (χ0n) is 13.4. The molecule has 0 saturated heterocycles. The summed E-state index contributed by atoms with van der Waals surface area (Å²) in [5.41, 5.74) is 5.77. The van der Waals surface area contributed by atoms with Crippen LogP contribution in [0.4, 0.5) is 14.6 Å². The molecule has 0 aliphatic rings. The molecule has 0 aliphatic heterocycles. The summed E-state index contributed by atoms with van der Waals surface area (Å²) in [5, 5.41) is 2.52. The Kier molecular flexibility index (Phi) is 6.29. The van der Waals surface area contributed by atoms with Gasteiger partial charge in [-0.05, 0) is 24.6 Å². The number of anilines is 1. The molecule has 0 saturated carbocycles. The van der Waals surface area contributed by atoms with Crippen molar-refractivity contribution in [3.05, 3.63) is 53.2 Å². The molecule has 25 heavy (non-hydrogen) atoms. The van der Waals surface area contributed by atoms with Crippen LogP contribution in [-0.2, 0) is 6.54 Å². The first-order valence-electron chi connectivity index (χ1n) is 7.56. The summed E-state index contributed by atoms with van der Waals surface area (Å²) in [4.78, 5) is 15.4. The van der Waals surface area contributed by atoms with Crippen LogP contribution >= 0.6 is 0 Å². The van der Waals surface area contributed by atoms with Gasteiger partial charge in [0.25, 0.3) is 5.91 Å². The van der Waals surface area contributed by atoms with Gasteiger partial charge in [-0.15, -0.1) is 12.3 Å². The zero-order valence-corrected chi connectivity index (χ0v) is 13.4. The topological polar surface area (TPSA) is 77.2 Å². The van der Waals surface area contributed by atoms with Crippen molar-refractivity contribution in [3.63, 3.8) is 0 Å². The Labute approximate surface area is 144 Å². The van der Waals surface area contributed by atoms with E-state index in [2.05, 4.69) is 16.2 Å². The van der Waals surface area contributed by atoms with Crippen LogP contribution in [0.3, 0.4) is 0 Å². The number of rotatable bonds is 7. The van der Waals surface area contributed by atoms with Gasteiger partial charge in [0, 0.05) is 18.5 Å². The number of terminal acetylenes is 1. The van der Waals surface area contributed by atoms with Gasteiger partial charge in [0.15, 0.2) is 11.6 Å². The largest absolute Gasteiger partial charge is 0.490 e. The normalized spacial score (nSPS) is 10.1. The lowest BCUT2D eigenvalue weighted by Gasteiger charge is -2.11. The number of nitrogens with two attached hydrogens (primary N) is 1. The minimum atomic E-state index is -0.783. The van der Waals surface area contributed by atoms with E-state index in [0.29, 0.717) is 19.4 Å². The smallest absolute Gasteiger partial charge is 0.255 e. The molecule has 0 unspecified atom stereocenters. The maximum absolute atomic E-state index is 14.4. The molecule has 1 aromatic heterocycles. The highest BCUT2D eigenvalue weighted by atomic mass is 19.1. The predicted octanol–water partition coefficient (Wildman–Crippen LogP) is 2.66. The Morgan fingerprint density at radius 3 is 2.84 bits per heavy atom. The van der Waals surface area contributed by atoms with E-state index in [1.807, 2.05) is 0 Å². The van der Waals surface area contributed by atoms with Crippen LogP contribution < -0.4 is 15.8 Å². The van der Waals surface area contributed by atoms with E-state index in [1.54, 1.807) is 6.07 Å². The average Bonchev–Trinajstić information content (AvgIpc) is 2.58. The summed E-state index contributed by atoms with van der Waals surface area (Å²) in [6, 6.07) is 6.88.